The fourth-order valence-corrected chi connectivity index (χ4v) is 1.73. The molecule has 0 spiro atoms. The molecule has 5 heteroatoms. The number of carbonyl (C=O) groups is 1. The number of hydrazone groups is 1. The highest BCUT2D eigenvalue weighted by molar-refractivity contribution is 5.82. The number of nitrogens with one attached hydrogen (secondary N) is 1. The molecule has 5 nitrogen and oxygen atoms in total. The number of hydrogen-bond donors (Lipinski definition) is 1. The highest BCUT2D eigenvalue weighted by Crippen LogP contribution is 2.12. The predicted octanol–water partition coefficient (Wildman–Crippen LogP) is 2.17. The fraction of sp³-hybridized carbons (Fsp3) is 0.188. The van der Waals surface area contributed by atoms with Crippen LogP contribution >= 0.6 is 0 Å². The topological polar surface area (TPSA) is 63.6 Å². The summed E-state index contributed by atoms with van der Waals surface area (Å²) in [6, 6.07) is 11.1. The molecule has 1 N–H and O–H groups in total. The predicted molar refractivity (Wildman–Crippen MR) is 81.3 cm³/mol. The summed E-state index contributed by atoms with van der Waals surface area (Å²) in [6.07, 6.45) is 5.18. The monoisotopic (exact) mass is 283 g/mol. The molecule has 0 saturated carbocycles. The number of amides is 1. The van der Waals surface area contributed by atoms with Gasteiger partial charge in [0, 0.05) is 18.0 Å². The average Bonchev–Trinajstić information content (AvgIpc) is 2.51. The van der Waals surface area contributed by atoms with Crippen molar-refractivity contribution in [3.05, 3.63) is 59.9 Å². The van der Waals surface area contributed by atoms with E-state index in [9.17, 15) is 4.79 Å². The van der Waals surface area contributed by atoms with Crippen molar-refractivity contribution in [1.82, 2.24) is 10.4 Å². The zero-order valence-corrected chi connectivity index (χ0v) is 11.8. The molecular formula is C16H17N3O2. The van der Waals surface area contributed by atoms with Gasteiger partial charge in [-0.2, -0.15) is 5.10 Å². The molecule has 1 amide bonds. The van der Waals surface area contributed by atoms with Crippen molar-refractivity contribution < 1.29 is 9.53 Å². The van der Waals surface area contributed by atoms with Gasteiger partial charge in [0.05, 0.1) is 19.2 Å². The Morgan fingerprint density at radius 2 is 2.14 bits per heavy atom. The van der Waals surface area contributed by atoms with Crippen LogP contribution < -0.4 is 10.2 Å². The highest BCUT2D eigenvalue weighted by Gasteiger charge is 2.02. The molecule has 0 radical (unpaired) electrons. The van der Waals surface area contributed by atoms with Crippen LogP contribution in [0.5, 0.6) is 5.75 Å². The van der Waals surface area contributed by atoms with E-state index in [1.54, 1.807) is 18.6 Å². The van der Waals surface area contributed by atoms with Crippen molar-refractivity contribution in [2.75, 3.05) is 6.61 Å². The standard InChI is InChI=1S/C16H17N3O2/c1-2-21-15-7-5-13(6-8-15)10-16(20)19-18-12-14-4-3-9-17-11-14/h3-9,11-12H,2,10H2,1H3,(H,19,20)/b18-12-. The van der Waals surface area contributed by atoms with Gasteiger partial charge in [0.2, 0.25) is 5.91 Å². The van der Waals surface area contributed by atoms with E-state index in [1.165, 1.54) is 0 Å². The molecule has 0 aliphatic heterocycles. The number of carbonyl (C=O) groups excluding carboxylic acids is 1. The van der Waals surface area contributed by atoms with E-state index >= 15 is 0 Å². The molecule has 2 rings (SSSR count). The smallest absolute Gasteiger partial charge is 0.244 e. The van der Waals surface area contributed by atoms with Crippen LogP contribution in [0.2, 0.25) is 0 Å². The summed E-state index contributed by atoms with van der Waals surface area (Å²) in [5, 5.41) is 3.90. The van der Waals surface area contributed by atoms with Crippen LogP contribution in [-0.2, 0) is 11.2 Å². The number of ether oxygens (including phenoxy) is 1. The molecule has 0 bridgehead atoms. The summed E-state index contributed by atoms with van der Waals surface area (Å²) >= 11 is 0. The first-order chi connectivity index (χ1) is 10.3. The maximum absolute atomic E-state index is 11.7. The van der Waals surface area contributed by atoms with Crippen LogP contribution in [0, 0.1) is 0 Å². The van der Waals surface area contributed by atoms with E-state index in [-0.39, 0.29) is 12.3 Å². The van der Waals surface area contributed by atoms with Crippen molar-refractivity contribution in [2.45, 2.75) is 13.3 Å². The SMILES string of the molecule is CCOc1ccc(CC(=O)N/N=C\c2cccnc2)cc1. The lowest BCUT2D eigenvalue weighted by Gasteiger charge is -2.04. The zero-order valence-electron chi connectivity index (χ0n) is 11.8. The molecule has 1 aromatic carbocycles. The normalized spacial score (nSPS) is 10.5. The maximum Gasteiger partial charge on any atom is 0.244 e. The van der Waals surface area contributed by atoms with Gasteiger partial charge in [-0.15, -0.1) is 0 Å². The Kier molecular flexibility index (Phi) is 5.46. The van der Waals surface area contributed by atoms with E-state index in [0.717, 1.165) is 16.9 Å². The molecule has 1 aromatic heterocycles. The lowest BCUT2D eigenvalue weighted by atomic mass is 10.1. The fourth-order valence-electron chi connectivity index (χ4n) is 1.73. The van der Waals surface area contributed by atoms with Crippen LogP contribution in [0.3, 0.4) is 0 Å². The van der Waals surface area contributed by atoms with Gasteiger partial charge in [-0.05, 0) is 30.7 Å². The number of rotatable bonds is 6. The van der Waals surface area contributed by atoms with E-state index in [1.807, 2.05) is 43.3 Å². The molecule has 0 aliphatic rings. The molecule has 108 valence electrons. The molecular weight excluding hydrogens is 266 g/mol. The third-order valence-electron chi connectivity index (χ3n) is 2.69. The summed E-state index contributed by atoms with van der Waals surface area (Å²) in [4.78, 5) is 15.7. The second kappa shape index (κ2) is 7.79. The van der Waals surface area contributed by atoms with Crippen LogP contribution in [0.4, 0.5) is 0 Å². The van der Waals surface area contributed by atoms with Crippen molar-refractivity contribution in [3.63, 3.8) is 0 Å². The van der Waals surface area contributed by atoms with Gasteiger partial charge in [0.15, 0.2) is 0 Å². The van der Waals surface area contributed by atoms with Crippen molar-refractivity contribution in [1.29, 1.82) is 0 Å². The number of benzene rings is 1. The first-order valence-corrected chi connectivity index (χ1v) is 6.71. The molecule has 0 fully saturated rings. The molecule has 0 saturated heterocycles. The minimum atomic E-state index is -0.167. The van der Waals surface area contributed by atoms with Crippen LogP contribution in [0.1, 0.15) is 18.1 Å². The molecule has 0 unspecified atom stereocenters. The Morgan fingerprint density at radius 3 is 2.81 bits per heavy atom. The Hall–Kier alpha value is -2.69. The zero-order chi connectivity index (χ0) is 14.9. The van der Waals surface area contributed by atoms with Crippen LogP contribution in [0.15, 0.2) is 53.9 Å². The minimum absolute atomic E-state index is 0.167. The van der Waals surface area contributed by atoms with Gasteiger partial charge in [-0.25, -0.2) is 5.43 Å². The summed E-state index contributed by atoms with van der Waals surface area (Å²) in [5.41, 5.74) is 4.23. The first-order valence-electron chi connectivity index (χ1n) is 6.71. The lowest BCUT2D eigenvalue weighted by Crippen LogP contribution is -2.19. The van der Waals surface area contributed by atoms with Gasteiger partial charge >= 0.3 is 0 Å². The summed E-state index contributed by atoms with van der Waals surface area (Å²) < 4.78 is 5.35. The number of hydrogen-bond acceptors (Lipinski definition) is 4. The summed E-state index contributed by atoms with van der Waals surface area (Å²) in [6.45, 7) is 2.56. The van der Waals surface area contributed by atoms with Crippen molar-refractivity contribution >= 4 is 12.1 Å². The highest BCUT2D eigenvalue weighted by atomic mass is 16.5. The summed E-state index contributed by atoms with van der Waals surface area (Å²) in [5.74, 6) is 0.635. The second-order valence-corrected chi connectivity index (χ2v) is 4.33. The van der Waals surface area contributed by atoms with Gasteiger partial charge < -0.3 is 4.74 Å². The van der Waals surface area contributed by atoms with Gasteiger partial charge in [-0.1, -0.05) is 18.2 Å². The third-order valence-corrected chi connectivity index (χ3v) is 2.69. The van der Waals surface area contributed by atoms with E-state index in [0.29, 0.717) is 6.61 Å². The van der Waals surface area contributed by atoms with Crippen LogP contribution in [-0.4, -0.2) is 23.7 Å². The quantitative estimate of drug-likeness (QED) is 0.653. The Labute approximate surface area is 123 Å². The number of nitrogens with zero attached hydrogens (tertiary/aromatic N) is 2. The molecule has 2 aromatic rings. The Bertz CT molecular complexity index is 595. The van der Waals surface area contributed by atoms with E-state index < -0.39 is 0 Å². The Morgan fingerprint density at radius 1 is 1.33 bits per heavy atom. The molecule has 0 atom stereocenters. The Balaban J connectivity index is 1.83. The number of pyridine rings is 1. The van der Waals surface area contributed by atoms with Gasteiger partial charge in [0.25, 0.3) is 0 Å². The maximum atomic E-state index is 11.7. The lowest BCUT2D eigenvalue weighted by molar-refractivity contribution is -0.120. The third kappa shape index (κ3) is 5.06. The second-order valence-electron chi connectivity index (χ2n) is 4.33. The molecule has 21 heavy (non-hydrogen) atoms. The average molecular weight is 283 g/mol. The molecule has 0 aliphatic carbocycles. The van der Waals surface area contributed by atoms with Crippen molar-refractivity contribution in [3.8, 4) is 5.75 Å². The van der Waals surface area contributed by atoms with Gasteiger partial charge in [0.1, 0.15) is 5.75 Å². The largest absolute Gasteiger partial charge is 0.494 e. The van der Waals surface area contributed by atoms with Crippen LogP contribution in [0.25, 0.3) is 0 Å². The van der Waals surface area contributed by atoms with E-state index in [2.05, 4.69) is 15.5 Å². The van der Waals surface area contributed by atoms with Crippen molar-refractivity contribution in [2.24, 2.45) is 5.10 Å². The summed E-state index contributed by atoms with van der Waals surface area (Å²) in [7, 11) is 0. The van der Waals surface area contributed by atoms with Gasteiger partial charge in [-0.3, -0.25) is 9.78 Å². The molecule has 1 heterocycles. The van der Waals surface area contributed by atoms with E-state index in [4.69, 9.17) is 4.74 Å². The number of aromatic nitrogens is 1. The first kappa shape index (κ1) is 14.7. The minimum Gasteiger partial charge on any atom is -0.494 e.